The Hall–Kier alpha value is -1.30. The molecule has 2 atom stereocenters. The van der Waals surface area contributed by atoms with Crippen LogP contribution in [-0.2, 0) is 9.53 Å². The predicted molar refractivity (Wildman–Crippen MR) is 73.2 cm³/mol. The highest BCUT2D eigenvalue weighted by Crippen LogP contribution is 2.03. The number of carbonyl (C=O) groups is 2. The second-order valence-electron chi connectivity index (χ2n) is 4.64. The summed E-state index contributed by atoms with van der Waals surface area (Å²) in [5.41, 5.74) is 0. The summed E-state index contributed by atoms with van der Waals surface area (Å²) in [7, 11) is 1.59. The van der Waals surface area contributed by atoms with E-state index in [0.717, 1.165) is 19.3 Å². The third-order valence-electron chi connectivity index (χ3n) is 2.73. The zero-order chi connectivity index (χ0) is 14.7. The van der Waals surface area contributed by atoms with Gasteiger partial charge in [-0.15, -0.1) is 0 Å². The van der Waals surface area contributed by atoms with Crippen LogP contribution in [0.1, 0.15) is 46.0 Å². The molecule has 0 spiro atoms. The van der Waals surface area contributed by atoms with Gasteiger partial charge in [0.05, 0.1) is 19.1 Å². The van der Waals surface area contributed by atoms with Crippen LogP contribution in [0, 0.1) is 0 Å². The van der Waals surface area contributed by atoms with Crippen LogP contribution in [0.3, 0.4) is 0 Å². The number of hydrogen-bond acceptors (Lipinski definition) is 3. The molecule has 19 heavy (non-hydrogen) atoms. The summed E-state index contributed by atoms with van der Waals surface area (Å²) in [6, 6.07) is -0.690. The van der Waals surface area contributed by atoms with Crippen LogP contribution < -0.4 is 10.6 Å². The van der Waals surface area contributed by atoms with Crippen molar-refractivity contribution in [1.29, 1.82) is 0 Å². The minimum atomic E-state index is -0.902. The Morgan fingerprint density at radius 1 is 1.11 bits per heavy atom. The first-order chi connectivity index (χ1) is 9.03. The van der Waals surface area contributed by atoms with E-state index < -0.39 is 5.97 Å². The van der Waals surface area contributed by atoms with Gasteiger partial charge in [-0.25, -0.2) is 4.79 Å². The number of nitrogens with one attached hydrogen (secondary N) is 2. The van der Waals surface area contributed by atoms with E-state index in [0.29, 0.717) is 13.0 Å². The SMILES string of the molecule is CCCC(COC)NC(=O)NC(CCC)CC(=O)O. The van der Waals surface area contributed by atoms with Crippen molar-refractivity contribution in [3.8, 4) is 0 Å². The molecule has 0 saturated heterocycles. The molecule has 0 aliphatic carbocycles. The number of hydrogen-bond donors (Lipinski definition) is 3. The van der Waals surface area contributed by atoms with Crippen molar-refractivity contribution in [2.75, 3.05) is 13.7 Å². The van der Waals surface area contributed by atoms with Crippen molar-refractivity contribution < 1.29 is 19.4 Å². The average molecular weight is 274 g/mol. The Kier molecular flexibility index (Phi) is 9.88. The number of aliphatic carboxylic acids is 1. The third-order valence-corrected chi connectivity index (χ3v) is 2.73. The highest BCUT2D eigenvalue weighted by atomic mass is 16.5. The molecular formula is C13H26N2O4. The summed E-state index contributed by atoms with van der Waals surface area (Å²) in [5.74, 6) is -0.902. The number of carboxylic acids is 1. The molecule has 2 amide bonds. The quantitative estimate of drug-likeness (QED) is 0.566. The maximum absolute atomic E-state index is 11.8. The minimum absolute atomic E-state index is 0.0397. The highest BCUT2D eigenvalue weighted by molar-refractivity contribution is 5.76. The Morgan fingerprint density at radius 2 is 1.63 bits per heavy atom. The van der Waals surface area contributed by atoms with Crippen LogP contribution in [0.15, 0.2) is 0 Å². The molecule has 3 N–H and O–H groups in total. The van der Waals surface area contributed by atoms with Crippen molar-refractivity contribution in [2.45, 2.75) is 58.0 Å². The average Bonchev–Trinajstić information content (AvgIpc) is 2.28. The zero-order valence-corrected chi connectivity index (χ0v) is 12.1. The summed E-state index contributed by atoms with van der Waals surface area (Å²) in [6.45, 7) is 4.45. The van der Waals surface area contributed by atoms with Gasteiger partial charge >= 0.3 is 12.0 Å². The lowest BCUT2D eigenvalue weighted by atomic mass is 10.1. The van der Waals surface area contributed by atoms with Crippen molar-refractivity contribution in [1.82, 2.24) is 10.6 Å². The number of rotatable bonds is 10. The Labute approximate surface area is 114 Å². The second kappa shape index (κ2) is 10.6. The van der Waals surface area contributed by atoms with Crippen LogP contribution in [0.4, 0.5) is 4.79 Å². The van der Waals surface area contributed by atoms with Crippen molar-refractivity contribution in [3.63, 3.8) is 0 Å². The van der Waals surface area contributed by atoms with E-state index in [2.05, 4.69) is 10.6 Å². The number of amides is 2. The van der Waals surface area contributed by atoms with E-state index in [-0.39, 0.29) is 24.5 Å². The van der Waals surface area contributed by atoms with Crippen LogP contribution in [0.25, 0.3) is 0 Å². The van der Waals surface area contributed by atoms with Crippen LogP contribution in [-0.4, -0.2) is 42.9 Å². The molecule has 0 aromatic carbocycles. The summed E-state index contributed by atoms with van der Waals surface area (Å²) in [4.78, 5) is 22.5. The van der Waals surface area contributed by atoms with E-state index in [1.807, 2.05) is 13.8 Å². The van der Waals surface area contributed by atoms with Gasteiger partial charge in [-0.2, -0.15) is 0 Å². The lowest BCUT2D eigenvalue weighted by Crippen LogP contribution is -2.48. The maximum Gasteiger partial charge on any atom is 0.315 e. The molecule has 0 aliphatic rings. The number of carboxylic acid groups (broad SMARTS) is 1. The van der Waals surface area contributed by atoms with Crippen molar-refractivity contribution >= 4 is 12.0 Å². The van der Waals surface area contributed by atoms with Crippen LogP contribution >= 0.6 is 0 Å². The molecule has 2 unspecified atom stereocenters. The highest BCUT2D eigenvalue weighted by Gasteiger charge is 2.17. The standard InChI is InChI=1S/C13H26N2O4/c1-4-6-10(8-12(16)17)14-13(18)15-11(7-5-2)9-19-3/h10-11H,4-9H2,1-3H3,(H,16,17)(H2,14,15,18). The first-order valence-electron chi connectivity index (χ1n) is 6.81. The molecule has 112 valence electrons. The molecule has 0 radical (unpaired) electrons. The number of methoxy groups -OCH3 is 1. The summed E-state index contributed by atoms with van der Waals surface area (Å²) in [5, 5.41) is 14.3. The summed E-state index contributed by atoms with van der Waals surface area (Å²) in [6.07, 6.45) is 3.21. The fourth-order valence-corrected chi connectivity index (χ4v) is 1.94. The minimum Gasteiger partial charge on any atom is -0.481 e. The molecule has 0 aromatic heterocycles. The monoisotopic (exact) mass is 274 g/mol. The van der Waals surface area contributed by atoms with E-state index in [9.17, 15) is 9.59 Å². The van der Waals surface area contributed by atoms with E-state index >= 15 is 0 Å². The van der Waals surface area contributed by atoms with Crippen molar-refractivity contribution in [3.05, 3.63) is 0 Å². The fourth-order valence-electron chi connectivity index (χ4n) is 1.94. The van der Waals surface area contributed by atoms with Gasteiger partial charge in [0.2, 0.25) is 0 Å². The Bertz CT molecular complexity index is 265. The van der Waals surface area contributed by atoms with Gasteiger partial charge in [-0.3, -0.25) is 4.79 Å². The maximum atomic E-state index is 11.8. The topological polar surface area (TPSA) is 87.7 Å². The van der Waals surface area contributed by atoms with Crippen LogP contribution in [0.2, 0.25) is 0 Å². The Morgan fingerprint density at radius 3 is 2.11 bits per heavy atom. The van der Waals surface area contributed by atoms with Crippen molar-refractivity contribution in [2.24, 2.45) is 0 Å². The first-order valence-corrected chi connectivity index (χ1v) is 6.81. The molecule has 0 bridgehead atoms. The summed E-state index contributed by atoms with van der Waals surface area (Å²) >= 11 is 0. The number of urea groups is 1. The summed E-state index contributed by atoms with van der Waals surface area (Å²) < 4.78 is 5.04. The first kappa shape index (κ1) is 17.7. The van der Waals surface area contributed by atoms with E-state index in [1.54, 1.807) is 7.11 Å². The van der Waals surface area contributed by atoms with Gasteiger partial charge in [0.1, 0.15) is 0 Å². The molecule has 0 aromatic rings. The Balaban J connectivity index is 4.24. The fraction of sp³-hybridized carbons (Fsp3) is 0.846. The molecule has 0 rings (SSSR count). The molecule has 0 heterocycles. The molecule has 0 saturated carbocycles. The number of carbonyl (C=O) groups excluding carboxylic acids is 1. The van der Waals surface area contributed by atoms with Gasteiger partial charge in [0, 0.05) is 13.2 Å². The zero-order valence-electron chi connectivity index (χ0n) is 12.1. The van der Waals surface area contributed by atoms with Gasteiger partial charge in [-0.1, -0.05) is 26.7 Å². The molecule has 0 fully saturated rings. The van der Waals surface area contributed by atoms with Gasteiger partial charge < -0.3 is 20.5 Å². The van der Waals surface area contributed by atoms with E-state index in [4.69, 9.17) is 9.84 Å². The smallest absolute Gasteiger partial charge is 0.315 e. The van der Waals surface area contributed by atoms with E-state index in [1.165, 1.54) is 0 Å². The largest absolute Gasteiger partial charge is 0.481 e. The molecule has 6 nitrogen and oxygen atoms in total. The molecule has 6 heteroatoms. The number of ether oxygens (including phenoxy) is 1. The third kappa shape index (κ3) is 9.30. The van der Waals surface area contributed by atoms with Gasteiger partial charge in [0.25, 0.3) is 0 Å². The van der Waals surface area contributed by atoms with Crippen LogP contribution in [0.5, 0.6) is 0 Å². The predicted octanol–water partition coefficient (Wildman–Crippen LogP) is 1.74. The second-order valence-corrected chi connectivity index (χ2v) is 4.64. The lowest BCUT2D eigenvalue weighted by molar-refractivity contribution is -0.137. The lowest BCUT2D eigenvalue weighted by Gasteiger charge is -2.21. The molecular weight excluding hydrogens is 248 g/mol. The normalized spacial score (nSPS) is 13.6. The molecule has 0 aliphatic heterocycles. The van der Waals surface area contributed by atoms with Gasteiger partial charge in [0.15, 0.2) is 0 Å². The van der Waals surface area contributed by atoms with Gasteiger partial charge in [-0.05, 0) is 12.8 Å².